The number of Topliss-reactive ketones (excluding diaryl/α,β-unsaturated/α-hetero) is 1. The average molecular weight is 246 g/mol. The van der Waals surface area contributed by atoms with Gasteiger partial charge in [-0.25, -0.2) is 0 Å². The van der Waals surface area contributed by atoms with Crippen LogP contribution in [0.2, 0.25) is 0 Å². The number of hydrogen-bond acceptors (Lipinski definition) is 2. The highest BCUT2D eigenvalue weighted by atomic mass is 16.5. The van der Waals surface area contributed by atoms with Crippen molar-refractivity contribution in [1.29, 1.82) is 0 Å². The first-order valence-corrected chi connectivity index (χ1v) is 6.79. The smallest absolute Gasteiger partial charge is 0.169 e. The van der Waals surface area contributed by atoms with Crippen LogP contribution in [-0.2, 0) is 17.8 Å². The number of benzene rings is 1. The van der Waals surface area contributed by atoms with Gasteiger partial charge in [-0.1, -0.05) is 45.4 Å². The van der Waals surface area contributed by atoms with E-state index in [-0.39, 0.29) is 11.2 Å². The molecule has 1 aromatic rings. The lowest BCUT2D eigenvalue weighted by atomic mass is 9.89. The number of unbranched alkanes of at least 4 members (excludes halogenated alkanes) is 1. The molecule has 0 fully saturated rings. The van der Waals surface area contributed by atoms with Crippen molar-refractivity contribution in [1.82, 2.24) is 0 Å². The van der Waals surface area contributed by atoms with Gasteiger partial charge in [0.1, 0.15) is 0 Å². The summed E-state index contributed by atoms with van der Waals surface area (Å²) in [5, 5.41) is 0. The molecule has 0 amide bonds. The Kier molecular flexibility index (Phi) is 3.86. The second kappa shape index (κ2) is 5.23. The van der Waals surface area contributed by atoms with Crippen molar-refractivity contribution >= 4 is 5.78 Å². The highest BCUT2D eigenvalue weighted by Gasteiger charge is 2.37. The summed E-state index contributed by atoms with van der Waals surface area (Å²) >= 11 is 0. The Hall–Kier alpha value is -1.15. The van der Waals surface area contributed by atoms with Crippen LogP contribution in [0.1, 0.15) is 55.1 Å². The third-order valence-corrected chi connectivity index (χ3v) is 3.57. The third-order valence-electron chi connectivity index (χ3n) is 3.57. The lowest BCUT2D eigenvalue weighted by molar-refractivity contribution is 0.0863. The molecule has 1 aliphatic carbocycles. The van der Waals surface area contributed by atoms with Crippen molar-refractivity contribution in [2.75, 3.05) is 6.61 Å². The van der Waals surface area contributed by atoms with E-state index in [1.54, 1.807) is 0 Å². The zero-order valence-electron chi connectivity index (χ0n) is 11.6. The number of carbonyl (C=O) groups is 1. The van der Waals surface area contributed by atoms with Gasteiger partial charge in [-0.05, 0) is 24.0 Å². The first-order valence-electron chi connectivity index (χ1n) is 6.79. The number of fused-ring (bicyclic) bond motifs is 1. The van der Waals surface area contributed by atoms with Crippen molar-refractivity contribution in [3.8, 4) is 0 Å². The Labute approximate surface area is 109 Å². The Morgan fingerprint density at radius 2 is 2.11 bits per heavy atom. The van der Waals surface area contributed by atoms with E-state index in [0.717, 1.165) is 31.4 Å². The molecule has 0 saturated heterocycles. The quantitative estimate of drug-likeness (QED) is 0.739. The summed E-state index contributed by atoms with van der Waals surface area (Å²) in [5.41, 5.74) is 3.03. The molecule has 0 heterocycles. The molecule has 1 aromatic carbocycles. The fraction of sp³-hybridized carbons (Fsp3) is 0.562. The monoisotopic (exact) mass is 246 g/mol. The number of ketones is 1. The van der Waals surface area contributed by atoms with E-state index in [4.69, 9.17) is 4.74 Å². The number of hydrogen-bond donors (Lipinski definition) is 0. The van der Waals surface area contributed by atoms with Crippen molar-refractivity contribution in [2.45, 2.75) is 46.6 Å². The Morgan fingerprint density at radius 1 is 1.33 bits per heavy atom. The summed E-state index contributed by atoms with van der Waals surface area (Å²) < 4.78 is 5.61. The van der Waals surface area contributed by atoms with Gasteiger partial charge in [0, 0.05) is 17.6 Å². The maximum Gasteiger partial charge on any atom is 0.169 e. The topological polar surface area (TPSA) is 26.3 Å². The van der Waals surface area contributed by atoms with E-state index in [2.05, 4.69) is 13.0 Å². The predicted molar refractivity (Wildman–Crippen MR) is 72.8 cm³/mol. The summed E-state index contributed by atoms with van der Waals surface area (Å²) in [6.45, 7) is 7.67. The molecule has 2 heteroatoms. The zero-order chi connectivity index (χ0) is 13.2. The molecule has 18 heavy (non-hydrogen) atoms. The van der Waals surface area contributed by atoms with E-state index < -0.39 is 0 Å². The van der Waals surface area contributed by atoms with Crippen molar-refractivity contribution in [3.63, 3.8) is 0 Å². The van der Waals surface area contributed by atoms with E-state index in [9.17, 15) is 4.79 Å². The number of carbonyl (C=O) groups excluding carboxylic acids is 1. The first-order chi connectivity index (χ1) is 8.54. The molecule has 0 N–H and O–H groups in total. The second-order valence-corrected chi connectivity index (χ2v) is 5.79. The average Bonchev–Trinajstić information content (AvgIpc) is 2.55. The summed E-state index contributed by atoms with van der Waals surface area (Å²) in [4.78, 5) is 12.1. The molecule has 0 radical (unpaired) electrons. The van der Waals surface area contributed by atoms with Crippen molar-refractivity contribution < 1.29 is 9.53 Å². The molecule has 0 unspecified atom stereocenters. The summed E-state index contributed by atoms with van der Waals surface area (Å²) in [7, 11) is 0. The van der Waals surface area contributed by atoms with Gasteiger partial charge in [-0.15, -0.1) is 0 Å². The molecule has 0 saturated carbocycles. The van der Waals surface area contributed by atoms with Crippen LogP contribution in [0.15, 0.2) is 18.2 Å². The Bertz CT molecular complexity index is 446. The molecule has 2 rings (SSSR count). The molecule has 0 atom stereocenters. The normalized spacial score (nSPS) is 16.9. The van der Waals surface area contributed by atoms with Gasteiger partial charge in [0.15, 0.2) is 5.78 Å². The number of rotatable bonds is 5. The Morgan fingerprint density at radius 3 is 2.83 bits per heavy atom. The SMILES string of the molecule is CCCCOCc1ccc2c(c1)CC(C)(C)C2=O. The minimum atomic E-state index is -0.232. The Balaban J connectivity index is 2.04. The van der Waals surface area contributed by atoms with E-state index in [1.807, 2.05) is 26.0 Å². The minimum Gasteiger partial charge on any atom is -0.377 e. The minimum absolute atomic E-state index is 0.232. The van der Waals surface area contributed by atoms with Crippen LogP contribution in [-0.4, -0.2) is 12.4 Å². The lowest BCUT2D eigenvalue weighted by Crippen LogP contribution is -2.18. The molecule has 0 bridgehead atoms. The molecule has 2 nitrogen and oxygen atoms in total. The van der Waals surface area contributed by atoms with Crippen LogP contribution in [0.3, 0.4) is 0 Å². The summed E-state index contributed by atoms with van der Waals surface area (Å²) in [5.74, 6) is 0.274. The van der Waals surface area contributed by atoms with Crippen LogP contribution >= 0.6 is 0 Å². The fourth-order valence-corrected chi connectivity index (χ4v) is 2.46. The van der Waals surface area contributed by atoms with Crippen molar-refractivity contribution in [3.05, 3.63) is 34.9 Å². The van der Waals surface area contributed by atoms with Crippen LogP contribution in [0.4, 0.5) is 0 Å². The van der Waals surface area contributed by atoms with Gasteiger partial charge in [-0.3, -0.25) is 4.79 Å². The van der Waals surface area contributed by atoms with Crippen LogP contribution in [0, 0.1) is 5.41 Å². The van der Waals surface area contributed by atoms with E-state index in [1.165, 1.54) is 11.1 Å². The summed E-state index contributed by atoms with van der Waals surface area (Å²) in [6, 6.07) is 6.11. The fourth-order valence-electron chi connectivity index (χ4n) is 2.46. The largest absolute Gasteiger partial charge is 0.377 e. The molecule has 1 aliphatic rings. The summed E-state index contributed by atoms with van der Waals surface area (Å²) in [6.07, 6.45) is 3.12. The standard InChI is InChI=1S/C16H22O2/c1-4-5-8-18-11-12-6-7-14-13(9-12)10-16(2,3)15(14)17/h6-7,9H,4-5,8,10-11H2,1-3H3. The molecule has 0 aromatic heterocycles. The van der Waals surface area contributed by atoms with Gasteiger partial charge in [0.25, 0.3) is 0 Å². The van der Waals surface area contributed by atoms with Gasteiger partial charge in [0.2, 0.25) is 0 Å². The molecular weight excluding hydrogens is 224 g/mol. The maximum atomic E-state index is 12.1. The molecule has 0 spiro atoms. The predicted octanol–water partition coefficient (Wildman–Crippen LogP) is 3.77. The maximum absolute atomic E-state index is 12.1. The van der Waals surface area contributed by atoms with Gasteiger partial charge in [-0.2, -0.15) is 0 Å². The van der Waals surface area contributed by atoms with Crippen LogP contribution < -0.4 is 0 Å². The highest BCUT2D eigenvalue weighted by Crippen LogP contribution is 2.36. The van der Waals surface area contributed by atoms with Crippen molar-refractivity contribution in [2.24, 2.45) is 5.41 Å². The second-order valence-electron chi connectivity index (χ2n) is 5.79. The zero-order valence-corrected chi connectivity index (χ0v) is 11.6. The van der Waals surface area contributed by atoms with Gasteiger partial charge >= 0.3 is 0 Å². The molecule has 98 valence electrons. The number of ether oxygens (including phenoxy) is 1. The molecule has 0 aliphatic heterocycles. The van der Waals surface area contributed by atoms with E-state index >= 15 is 0 Å². The first kappa shape index (κ1) is 13.3. The van der Waals surface area contributed by atoms with Crippen LogP contribution in [0.25, 0.3) is 0 Å². The van der Waals surface area contributed by atoms with Crippen LogP contribution in [0.5, 0.6) is 0 Å². The van der Waals surface area contributed by atoms with Gasteiger partial charge in [0.05, 0.1) is 6.61 Å². The highest BCUT2D eigenvalue weighted by molar-refractivity contribution is 6.04. The lowest BCUT2D eigenvalue weighted by Gasteiger charge is -2.12. The molecular formula is C16H22O2. The van der Waals surface area contributed by atoms with Gasteiger partial charge < -0.3 is 4.74 Å². The third kappa shape index (κ3) is 2.64. The van der Waals surface area contributed by atoms with E-state index in [0.29, 0.717) is 6.61 Å².